The largest absolute Gasteiger partial charge is 0.439 e. The minimum Gasteiger partial charge on any atom is -0.439 e. The summed E-state index contributed by atoms with van der Waals surface area (Å²) in [5, 5.41) is 2.50. The zero-order chi connectivity index (χ0) is 15.0. The molecule has 1 N–H and O–H groups in total. The van der Waals surface area contributed by atoms with Gasteiger partial charge in [0, 0.05) is 11.1 Å². The molecule has 1 saturated heterocycles. The van der Waals surface area contributed by atoms with Crippen LogP contribution >= 0.6 is 15.9 Å². The molecular weight excluding hydrogens is 346 g/mol. The third-order valence-electron chi connectivity index (χ3n) is 3.21. The van der Waals surface area contributed by atoms with E-state index in [1.165, 1.54) is 24.3 Å². The number of aromatic nitrogens is 1. The summed E-state index contributed by atoms with van der Waals surface area (Å²) in [7, 11) is 0. The van der Waals surface area contributed by atoms with E-state index in [0.29, 0.717) is 4.60 Å². The van der Waals surface area contributed by atoms with Crippen LogP contribution in [0.1, 0.15) is 23.3 Å². The third kappa shape index (κ3) is 2.61. The zero-order valence-corrected chi connectivity index (χ0v) is 12.1. The van der Waals surface area contributed by atoms with Crippen LogP contribution in [0.15, 0.2) is 41.1 Å². The second-order valence-electron chi connectivity index (χ2n) is 4.50. The highest BCUT2D eigenvalue weighted by atomic mass is 79.9. The molecule has 2 unspecified atom stereocenters. The number of hydrogen-bond donors (Lipinski definition) is 1. The van der Waals surface area contributed by atoms with Crippen molar-refractivity contribution < 1.29 is 18.3 Å². The van der Waals surface area contributed by atoms with Gasteiger partial charge in [0.05, 0.1) is 6.20 Å². The Balaban J connectivity index is 2.06. The van der Waals surface area contributed by atoms with Crippen LogP contribution in [0.2, 0.25) is 0 Å². The Hall–Kier alpha value is -2.02. The van der Waals surface area contributed by atoms with Crippen molar-refractivity contribution in [1.29, 1.82) is 0 Å². The number of halogens is 3. The SMILES string of the molecule is O=C1NC(c2cc(Br)ncc2F)C(c2ccccc2F)O1. The van der Waals surface area contributed by atoms with E-state index in [1.807, 2.05) is 0 Å². The second kappa shape index (κ2) is 5.40. The summed E-state index contributed by atoms with van der Waals surface area (Å²) in [5.74, 6) is -1.12. The maximum absolute atomic E-state index is 14.0. The number of carbonyl (C=O) groups is 1. The van der Waals surface area contributed by atoms with Gasteiger partial charge in [-0.3, -0.25) is 0 Å². The van der Waals surface area contributed by atoms with Crippen molar-refractivity contribution in [2.75, 3.05) is 0 Å². The normalized spacial score (nSPS) is 21.0. The smallest absolute Gasteiger partial charge is 0.408 e. The summed E-state index contributed by atoms with van der Waals surface area (Å²) in [6.45, 7) is 0. The molecule has 2 aromatic rings. The minimum absolute atomic E-state index is 0.177. The van der Waals surface area contributed by atoms with Gasteiger partial charge < -0.3 is 10.1 Å². The van der Waals surface area contributed by atoms with Crippen molar-refractivity contribution >= 4 is 22.0 Å². The average Bonchev–Trinajstić information content (AvgIpc) is 2.83. The van der Waals surface area contributed by atoms with Crippen molar-refractivity contribution in [2.45, 2.75) is 12.1 Å². The van der Waals surface area contributed by atoms with Gasteiger partial charge in [-0.2, -0.15) is 0 Å². The Morgan fingerprint density at radius 3 is 2.71 bits per heavy atom. The van der Waals surface area contributed by atoms with Crippen LogP contribution in [0, 0.1) is 11.6 Å². The summed E-state index contributed by atoms with van der Waals surface area (Å²) in [6.07, 6.45) is -0.634. The molecular formula is C14H9BrF2N2O2. The van der Waals surface area contributed by atoms with Gasteiger partial charge in [-0.15, -0.1) is 0 Å². The summed E-state index contributed by atoms with van der Waals surface area (Å²) < 4.78 is 33.4. The number of ether oxygens (including phenoxy) is 1. The Morgan fingerprint density at radius 2 is 1.95 bits per heavy atom. The zero-order valence-electron chi connectivity index (χ0n) is 10.5. The molecule has 1 aliphatic heterocycles. The molecule has 1 fully saturated rings. The predicted molar refractivity (Wildman–Crippen MR) is 73.4 cm³/mol. The standard InChI is InChI=1S/C14H9BrF2N2O2/c15-11-5-8(10(17)6-18-11)12-13(21-14(20)19-12)7-3-1-2-4-9(7)16/h1-6,12-13H,(H,19,20). The topological polar surface area (TPSA) is 51.2 Å². The Kier molecular flexibility index (Phi) is 3.59. The summed E-state index contributed by atoms with van der Waals surface area (Å²) in [6, 6.07) is 6.53. The van der Waals surface area contributed by atoms with Gasteiger partial charge in [-0.25, -0.2) is 18.6 Å². The number of alkyl carbamates (subject to hydrolysis) is 1. The second-order valence-corrected chi connectivity index (χ2v) is 5.31. The van der Waals surface area contributed by atoms with Gasteiger partial charge in [0.15, 0.2) is 6.10 Å². The number of cyclic esters (lactones) is 1. The van der Waals surface area contributed by atoms with Gasteiger partial charge >= 0.3 is 6.09 Å². The molecule has 3 rings (SSSR count). The highest BCUT2D eigenvalue weighted by Crippen LogP contribution is 2.38. The number of nitrogens with one attached hydrogen (secondary N) is 1. The first-order valence-electron chi connectivity index (χ1n) is 6.09. The first kappa shape index (κ1) is 13.9. The van der Waals surface area contributed by atoms with Crippen LogP contribution in [0.5, 0.6) is 0 Å². The van der Waals surface area contributed by atoms with E-state index in [2.05, 4.69) is 26.2 Å². The first-order valence-corrected chi connectivity index (χ1v) is 6.88. The van der Waals surface area contributed by atoms with E-state index in [0.717, 1.165) is 6.20 Å². The van der Waals surface area contributed by atoms with Gasteiger partial charge in [-0.1, -0.05) is 18.2 Å². The van der Waals surface area contributed by atoms with Crippen molar-refractivity contribution in [2.24, 2.45) is 0 Å². The fourth-order valence-corrected chi connectivity index (χ4v) is 2.62. The maximum Gasteiger partial charge on any atom is 0.408 e. The van der Waals surface area contributed by atoms with Crippen LogP contribution < -0.4 is 5.32 Å². The molecule has 4 nitrogen and oxygen atoms in total. The van der Waals surface area contributed by atoms with Gasteiger partial charge in [0.2, 0.25) is 0 Å². The monoisotopic (exact) mass is 354 g/mol. The Labute approximate surface area is 127 Å². The van der Waals surface area contributed by atoms with E-state index in [1.54, 1.807) is 6.07 Å². The lowest BCUT2D eigenvalue weighted by Crippen LogP contribution is -2.21. The molecule has 2 atom stereocenters. The minimum atomic E-state index is -0.942. The van der Waals surface area contributed by atoms with Gasteiger partial charge in [0.1, 0.15) is 22.3 Å². The number of hydrogen-bond acceptors (Lipinski definition) is 3. The van der Waals surface area contributed by atoms with Crippen molar-refractivity contribution in [1.82, 2.24) is 10.3 Å². The molecule has 0 spiro atoms. The lowest BCUT2D eigenvalue weighted by atomic mass is 9.96. The Bertz CT molecular complexity index is 711. The predicted octanol–water partition coefficient (Wildman–Crippen LogP) is 3.64. The molecule has 108 valence electrons. The molecule has 0 radical (unpaired) electrons. The summed E-state index contributed by atoms with van der Waals surface area (Å²) in [4.78, 5) is 15.3. The number of benzene rings is 1. The van der Waals surface area contributed by atoms with E-state index in [9.17, 15) is 13.6 Å². The highest BCUT2D eigenvalue weighted by Gasteiger charge is 2.39. The quantitative estimate of drug-likeness (QED) is 0.837. The van der Waals surface area contributed by atoms with Crippen LogP contribution in [-0.4, -0.2) is 11.1 Å². The number of nitrogens with zero attached hydrogens (tertiary/aromatic N) is 1. The summed E-state index contributed by atoms with van der Waals surface area (Å²) in [5.41, 5.74) is 0.365. The molecule has 21 heavy (non-hydrogen) atoms. The van der Waals surface area contributed by atoms with Crippen LogP contribution in [-0.2, 0) is 4.74 Å². The average molecular weight is 355 g/mol. The lowest BCUT2D eigenvalue weighted by molar-refractivity contribution is 0.129. The number of rotatable bonds is 2. The van der Waals surface area contributed by atoms with Crippen molar-refractivity contribution in [3.05, 3.63) is 63.9 Å². The maximum atomic E-state index is 14.0. The number of carbonyl (C=O) groups excluding carboxylic acids is 1. The van der Waals surface area contributed by atoms with E-state index < -0.39 is 29.9 Å². The molecule has 0 bridgehead atoms. The molecule has 7 heteroatoms. The molecule has 1 aromatic carbocycles. The third-order valence-corrected chi connectivity index (χ3v) is 3.64. The van der Waals surface area contributed by atoms with Crippen LogP contribution in [0.25, 0.3) is 0 Å². The van der Waals surface area contributed by atoms with E-state index in [4.69, 9.17) is 4.74 Å². The van der Waals surface area contributed by atoms with Crippen LogP contribution in [0.4, 0.5) is 13.6 Å². The fourth-order valence-electron chi connectivity index (χ4n) is 2.28. The van der Waals surface area contributed by atoms with Gasteiger partial charge in [-0.05, 0) is 28.1 Å². The van der Waals surface area contributed by atoms with E-state index >= 15 is 0 Å². The molecule has 0 saturated carbocycles. The lowest BCUT2D eigenvalue weighted by Gasteiger charge is -2.18. The molecule has 2 heterocycles. The molecule has 1 aliphatic rings. The van der Waals surface area contributed by atoms with Crippen molar-refractivity contribution in [3.8, 4) is 0 Å². The van der Waals surface area contributed by atoms with E-state index in [-0.39, 0.29) is 11.1 Å². The first-order chi connectivity index (χ1) is 10.1. The van der Waals surface area contributed by atoms with Crippen LogP contribution in [0.3, 0.4) is 0 Å². The number of amides is 1. The Morgan fingerprint density at radius 1 is 1.19 bits per heavy atom. The molecule has 1 amide bonds. The molecule has 1 aromatic heterocycles. The van der Waals surface area contributed by atoms with Crippen molar-refractivity contribution in [3.63, 3.8) is 0 Å². The highest BCUT2D eigenvalue weighted by molar-refractivity contribution is 9.10. The fraction of sp³-hybridized carbons (Fsp3) is 0.143. The summed E-state index contributed by atoms with van der Waals surface area (Å²) >= 11 is 3.14. The van der Waals surface area contributed by atoms with Gasteiger partial charge in [0.25, 0.3) is 0 Å². The molecule has 0 aliphatic carbocycles. The number of pyridine rings is 1.